The van der Waals surface area contributed by atoms with Crippen molar-refractivity contribution in [2.75, 3.05) is 5.32 Å². The lowest BCUT2D eigenvalue weighted by molar-refractivity contribution is 0.508. The van der Waals surface area contributed by atoms with Crippen molar-refractivity contribution >= 4 is 11.6 Å². The smallest absolute Gasteiger partial charge is 0.226 e. The van der Waals surface area contributed by atoms with E-state index in [1.807, 2.05) is 6.08 Å². The van der Waals surface area contributed by atoms with E-state index in [0.717, 1.165) is 17.7 Å². The Morgan fingerprint density at radius 1 is 0.958 bits per heavy atom. The monoisotopic (exact) mass is 328 g/mol. The summed E-state index contributed by atoms with van der Waals surface area (Å²) in [7, 11) is 0. The van der Waals surface area contributed by atoms with E-state index < -0.39 is 11.6 Å². The zero-order valence-electron chi connectivity index (χ0n) is 12.2. The van der Waals surface area contributed by atoms with E-state index in [0.29, 0.717) is 17.2 Å². The molecule has 2 heterocycles. The van der Waals surface area contributed by atoms with Gasteiger partial charge in [0.05, 0.1) is 0 Å². The number of rotatable bonds is 2. The minimum absolute atomic E-state index is 0.337. The summed E-state index contributed by atoms with van der Waals surface area (Å²) in [5, 5.41) is 7.21. The number of benzene rings is 2. The molecule has 1 atom stereocenters. The molecule has 0 aliphatic carbocycles. The van der Waals surface area contributed by atoms with Crippen molar-refractivity contribution in [3.05, 3.63) is 83.4 Å². The average Bonchev–Trinajstić information content (AvgIpc) is 3.06. The molecule has 7 heteroatoms. The van der Waals surface area contributed by atoms with Crippen LogP contribution in [-0.4, -0.2) is 14.8 Å². The van der Waals surface area contributed by atoms with Gasteiger partial charge in [-0.15, -0.1) is 0 Å². The van der Waals surface area contributed by atoms with Gasteiger partial charge in [0.15, 0.2) is 11.6 Å². The first-order valence-corrected chi connectivity index (χ1v) is 7.21. The standard InChI is InChI=1S/C17H11F3N4/c18-12-4-1-10(2-5-12)16-8-15(23-17-21-9-22-24(16)17)11-3-6-13(19)14(20)7-11/h1-9,16H,(H,21,22,23)/t16-/m1/s1. The molecule has 1 aliphatic heterocycles. The molecule has 3 aromatic rings. The van der Waals surface area contributed by atoms with Crippen LogP contribution < -0.4 is 5.32 Å². The number of halogens is 3. The van der Waals surface area contributed by atoms with E-state index in [1.165, 1.54) is 24.5 Å². The molecule has 0 amide bonds. The van der Waals surface area contributed by atoms with Crippen LogP contribution in [0, 0.1) is 17.5 Å². The first-order chi connectivity index (χ1) is 11.6. The summed E-state index contributed by atoms with van der Waals surface area (Å²) in [4.78, 5) is 4.12. The van der Waals surface area contributed by atoms with Crippen LogP contribution in [-0.2, 0) is 0 Å². The Labute approximate surface area is 135 Å². The van der Waals surface area contributed by atoms with Gasteiger partial charge in [-0.25, -0.2) is 17.9 Å². The fourth-order valence-corrected chi connectivity index (χ4v) is 2.66. The van der Waals surface area contributed by atoms with E-state index >= 15 is 0 Å². The summed E-state index contributed by atoms with van der Waals surface area (Å²) in [6.45, 7) is 0. The maximum Gasteiger partial charge on any atom is 0.226 e. The van der Waals surface area contributed by atoms with Gasteiger partial charge in [-0.05, 0) is 42.0 Å². The lowest BCUT2D eigenvalue weighted by atomic mass is 10.0. The molecule has 4 nitrogen and oxygen atoms in total. The summed E-state index contributed by atoms with van der Waals surface area (Å²) in [5.41, 5.74) is 1.85. The van der Waals surface area contributed by atoms with Crippen LogP contribution in [0.2, 0.25) is 0 Å². The second-order valence-corrected chi connectivity index (χ2v) is 5.36. The van der Waals surface area contributed by atoms with Crippen molar-refractivity contribution in [2.45, 2.75) is 6.04 Å². The molecule has 0 spiro atoms. The number of nitrogens with one attached hydrogen (secondary N) is 1. The number of fused-ring (bicyclic) bond motifs is 1. The van der Waals surface area contributed by atoms with Gasteiger partial charge in [0.25, 0.3) is 0 Å². The highest BCUT2D eigenvalue weighted by Crippen LogP contribution is 2.32. The molecule has 2 aromatic carbocycles. The SMILES string of the molecule is Fc1ccc([C@H]2C=C(c3ccc(F)c(F)c3)Nc3ncnn32)cc1. The number of hydrogen-bond acceptors (Lipinski definition) is 3. The second-order valence-electron chi connectivity index (χ2n) is 5.36. The molecular formula is C17H11F3N4. The highest BCUT2D eigenvalue weighted by Gasteiger charge is 2.23. The van der Waals surface area contributed by atoms with E-state index in [-0.39, 0.29) is 11.9 Å². The molecule has 0 unspecified atom stereocenters. The Kier molecular flexibility index (Phi) is 3.34. The number of anilines is 1. The van der Waals surface area contributed by atoms with Crippen molar-refractivity contribution in [1.29, 1.82) is 0 Å². The minimum atomic E-state index is -0.930. The van der Waals surface area contributed by atoms with E-state index in [2.05, 4.69) is 15.4 Å². The topological polar surface area (TPSA) is 42.7 Å². The van der Waals surface area contributed by atoms with Crippen LogP contribution in [0.25, 0.3) is 5.70 Å². The molecule has 0 fully saturated rings. The van der Waals surface area contributed by atoms with Crippen LogP contribution in [0.1, 0.15) is 17.2 Å². The van der Waals surface area contributed by atoms with Crippen LogP contribution in [0.15, 0.2) is 54.9 Å². The lowest BCUT2D eigenvalue weighted by Gasteiger charge is -2.24. The zero-order valence-corrected chi connectivity index (χ0v) is 12.2. The van der Waals surface area contributed by atoms with Gasteiger partial charge < -0.3 is 5.32 Å². The van der Waals surface area contributed by atoms with Gasteiger partial charge in [0.1, 0.15) is 18.2 Å². The molecule has 24 heavy (non-hydrogen) atoms. The summed E-state index contributed by atoms with van der Waals surface area (Å²) in [6.07, 6.45) is 3.20. The van der Waals surface area contributed by atoms with Gasteiger partial charge in [-0.3, -0.25) is 0 Å². The van der Waals surface area contributed by atoms with Gasteiger partial charge in [0, 0.05) is 11.3 Å². The van der Waals surface area contributed by atoms with Gasteiger partial charge in [-0.2, -0.15) is 10.1 Å². The molecule has 1 aliphatic rings. The Balaban J connectivity index is 1.81. The van der Waals surface area contributed by atoms with Crippen molar-refractivity contribution in [1.82, 2.24) is 14.8 Å². The lowest BCUT2D eigenvalue weighted by Crippen LogP contribution is -2.20. The molecule has 0 radical (unpaired) electrons. The molecule has 4 rings (SSSR count). The Morgan fingerprint density at radius 3 is 2.50 bits per heavy atom. The number of hydrogen-bond donors (Lipinski definition) is 1. The summed E-state index contributed by atoms with van der Waals surface area (Å²) < 4.78 is 41.5. The predicted molar refractivity (Wildman–Crippen MR) is 82.5 cm³/mol. The third-order valence-electron chi connectivity index (χ3n) is 3.85. The normalized spacial score (nSPS) is 16.3. The molecule has 0 saturated carbocycles. The minimum Gasteiger partial charge on any atom is -0.324 e. The molecular weight excluding hydrogens is 317 g/mol. The van der Waals surface area contributed by atoms with E-state index in [9.17, 15) is 13.2 Å². The maximum absolute atomic E-state index is 13.5. The van der Waals surface area contributed by atoms with Crippen molar-refractivity contribution in [3.63, 3.8) is 0 Å². The van der Waals surface area contributed by atoms with Crippen molar-refractivity contribution in [3.8, 4) is 0 Å². The van der Waals surface area contributed by atoms with Crippen LogP contribution in [0.5, 0.6) is 0 Å². The zero-order chi connectivity index (χ0) is 16.7. The fraction of sp³-hybridized carbons (Fsp3) is 0.0588. The summed E-state index contributed by atoms with van der Waals surface area (Å²) >= 11 is 0. The van der Waals surface area contributed by atoms with Gasteiger partial charge in [-0.1, -0.05) is 12.1 Å². The Morgan fingerprint density at radius 2 is 1.75 bits per heavy atom. The molecule has 1 N–H and O–H groups in total. The number of aromatic nitrogens is 3. The fourth-order valence-electron chi connectivity index (χ4n) is 2.66. The average molecular weight is 328 g/mol. The van der Waals surface area contributed by atoms with Gasteiger partial charge >= 0.3 is 0 Å². The van der Waals surface area contributed by atoms with Crippen LogP contribution in [0.3, 0.4) is 0 Å². The number of nitrogens with zero attached hydrogens (tertiary/aromatic N) is 3. The second kappa shape index (κ2) is 5.52. The van der Waals surface area contributed by atoms with Gasteiger partial charge in [0.2, 0.25) is 5.95 Å². The summed E-state index contributed by atoms with van der Waals surface area (Å²) in [6, 6.07) is 9.34. The Bertz CT molecular complexity index is 931. The third kappa shape index (κ3) is 2.44. The highest BCUT2D eigenvalue weighted by molar-refractivity contribution is 5.77. The molecule has 0 bridgehead atoms. The van der Waals surface area contributed by atoms with Crippen LogP contribution in [0.4, 0.5) is 19.1 Å². The summed E-state index contributed by atoms with van der Waals surface area (Å²) in [5.74, 6) is -1.71. The first-order valence-electron chi connectivity index (χ1n) is 7.21. The van der Waals surface area contributed by atoms with Crippen molar-refractivity contribution in [2.24, 2.45) is 0 Å². The van der Waals surface area contributed by atoms with Crippen LogP contribution >= 0.6 is 0 Å². The molecule has 0 saturated heterocycles. The van der Waals surface area contributed by atoms with E-state index in [1.54, 1.807) is 16.8 Å². The number of allylic oxidation sites excluding steroid dienone is 1. The highest BCUT2D eigenvalue weighted by atomic mass is 19.2. The molecule has 1 aromatic heterocycles. The molecule has 120 valence electrons. The quantitative estimate of drug-likeness (QED) is 0.779. The maximum atomic E-state index is 13.5. The largest absolute Gasteiger partial charge is 0.324 e. The first kappa shape index (κ1) is 14.5. The predicted octanol–water partition coefficient (Wildman–Crippen LogP) is 3.75. The van der Waals surface area contributed by atoms with Crippen molar-refractivity contribution < 1.29 is 13.2 Å². The Hall–Kier alpha value is -3.09. The third-order valence-corrected chi connectivity index (χ3v) is 3.85. The van der Waals surface area contributed by atoms with E-state index in [4.69, 9.17) is 0 Å².